The normalized spacial score (nSPS) is 20.0. The van der Waals surface area contributed by atoms with Crippen LogP contribution in [0, 0.1) is 5.92 Å². The molecule has 1 amide bonds. The van der Waals surface area contributed by atoms with Gasteiger partial charge in [-0.15, -0.1) is 12.4 Å². The van der Waals surface area contributed by atoms with Gasteiger partial charge in [-0.3, -0.25) is 4.79 Å². The lowest BCUT2D eigenvalue weighted by atomic mass is 9.92. The molecule has 3 N–H and O–H groups in total. The molecular formula is C18H28ClN3O4S. The Labute approximate surface area is 167 Å². The van der Waals surface area contributed by atoms with Crippen molar-refractivity contribution in [2.24, 2.45) is 11.7 Å². The summed E-state index contributed by atoms with van der Waals surface area (Å²) >= 11 is 0. The number of hydrogen-bond donors (Lipinski definition) is 2. The van der Waals surface area contributed by atoms with E-state index in [2.05, 4.69) is 5.32 Å². The minimum Gasteiger partial charge on any atom is -0.381 e. The van der Waals surface area contributed by atoms with Crippen LogP contribution in [0.1, 0.15) is 31.2 Å². The molecule has 0 bridgehead atoms. The molecule has 3 rings (SSSR count). The van der Waals surface area contributed by atoms with Crippen molar-refractivity contribution in [3.63, 3.8) is 0 Å². The molecule has 2 saturated heterocycles. The molecule has 2 heterocycles. The summed E-state index contributed by atoms with van der Waals surface area (Å²) in [7, 11) is -3.40. The molecule has 0 saturated carbocycles. The minimum atomic E-state index is -3.40. The maximum absolute atomic E-state index is 12.5. The van der Waals surface area contributed by atoms with Crippen LogP contribution in [0.25, 0.3) is 0 Å². The van der Waals surface area contributed by atoms with Gasteiger partial charge in [0.2, 0.25) is 15.9 Å². The fraction of sp³-hybridized carbons (Fsp3) is 0.611. The number of amides is 1. The van der Waals surface area contributed by atoms with Gasteiger partial charge >= 0.3 is 0 Å². The lowest BCUT2D eigenvalue weighted by Gasteiger charge is -2.26. The second-order valence-electron chi connectivity index (χ2n) is 6.95. The highest BCUT2D eigenvalue weighted by Gasteiger charge is 2.28. The predicted molar refractivity (Wildman–Crippen MR) is 105 cm³/mol. The van der Waals surface area contributed by atoms with Gasteiger partial charge in [0.15, 0.2) is 0 Å². The monoisotopic (exact) mass is 417 g/mol. The van der Waals surface area contributed by atoms with E-state index in [-0.39, 0.29) is 24.2 Å². The lowest BCUT2D eigenvalue weighted by Crippen LogP contribution is -2.46. The molecule has 2 aliphatic rings. The van der Waals surface area contributed by atoms with Gasteiger partial charge in [-0.1, -0.05) is 12.1 Å². The maximum atomic E-state index is 12.5. The Morgan fingerprint density at radius 2 is 1.78 bits per heavy atom. The van der Waals surface area contributed by atoms with E-state index in [1.165, 1.54) is 4.31 Å². The fourth-order valence-electron chi connectivity index (χ4n) is 3.45. The molecule has 9 heteroatoms. The van der Waals surface area contributed by atoms with Gasteiger partial charge in [-0.05, 0) is 49.3 Å². The minimum absolute atomic E-state index is 0. The Morgan fingerprint density at radius 3 is 2.37 bits per heavy atom. The molecule has 27 heavy (non-hydrogen) atoms. The number of carbonyl (C=O) groups is 1. The van der Waals surface area contributed by atoms with Crippen molar-refractivity contribution in [1.29, 1.82) is 0 Å². The summed E-state index contributed by atoms with van der Waals surface area (Å²) in [5.74, 6) is -0.0256. The van der Waals surface area contributed by atoms with Crippen LogP contribution in [0.5, 0.6) is 0 Å². The Balaban J connectivity index is 0.00000261. The molecule has 152 valence electrons. The Morgan fingerprint density at radius 1 is 1.19 bits per heavy atom. The number of halogens is 1. The largest absolute Gasteiger partial charge is 0.381 e. The van der Waals surface area contributed by atoms with Crippen LogP contribution in [0.3, 0.4) is 0 Å². The topological polar surface area (TPSA) is 102 Å². The Bertz CT molecular complexity index is 715. The number of nitrogens with one attached hydrogen (secondary N) is 1. The zero-order valence-electron chi connectivity index (χ0n) is 15.3. The Kier molecular flexibility index (Phi) is 8.05. The van der Waals surface area contributed by atoms with Crippen LogP contribution in [-0.2, 0) is 26.1 Å². The van der Waals surface area contributed by atoms with E-state index in [0.717, 1.165) is 31.2 Å². The van der Waals surface area contributed by atoms with E-state index < -0.39 is 16.1 Å². The molecule has 0 aliphatic carbocycles. The number of benzene rings is 1. The lowest BCUT2D eigenvalue weighted by molar-refractivity contribution is -0.124. The molecule has 0 aromatic heterocycles. The number of nitrogens with zero attached hydrogens (tertiary/aromatic N) is 1. The van der Waals surface area contributed by atoms with E-state index >= 15 is 0 Å². The molecule has 1 aromatic rings. The van der Waals surface area contributed by atoms with E-state index in [4.69, 9.17) is 10.5 Å². The number of sulfonamides is 1. The molecule has 1 unspecified atom stereocenters. The highest BCUT2D eigenvalue weighted by molar-refractivity contribution is 7.89. The summed E-state index contributed by atoms with van der Waals surface area (Å²) in [6, 6.07) is 6.15. The smallest absolute Gasteiger partial charge is 0.243 e. The summed E-state index contributed by atoms with van der Waals surface area (Å²) in [5.41, 5.74) is 6.90. The highest BCUT2D eigenvalue weighted by Crippen LogP contribution is 2.21. The number of hydrogen-bond acceptors (Lipinski definition) is 5. The molecular weight excluding hydrogens is 390 g/mol. The molecule has 1 atom stereocenters. The second kappa shape index (κ2) is 9.84. The van der Waals surface area contributed by atoms with Crippen molar-refractivity contribution in [2.45, 2.75) is 43.2 Å². The van der Waals surface area contributed by atoms with Crippen molar-refractivity contribution < 1.29 is 17.9 Å². The third-order valence-electron chi connectivity index (χ3n) is 5.17. The van der Waals surface area contributed by atoms with Gasteiger partial charge in [0.25, 0.3) is 0 Å². The predicted octanol–water partition coefficient (Wildman–Crippen LogP) is 1.26. The maximum Gasteiger partial charge on any atom is 0.243 e. The van der Waals surface area contributed by atoms with Crippen LogP contribution in [0.4, 0.5) is 0 Å². The van der Waals surface area contributed by atoms with Crippen LogP contribution in [0.15, 0.2) is 29.2 Å². The molecule has 2 fully saturated rings. The van der Waals surface area contributed by atoms with E-state index in [1.807, 2.05) is 0 Å². The zero-order chi connectivity index (χ0) is 18.6. The van der Waals surface area contributed by atoms with Gasteiger partial charge in [0.05, 0.1) is 10.9 Å². The number of ether oxygens (including phenoxy) is 1. The Hall–Kier alpha value is -1.19. The van der Waals surface area contributed by atoms with Gasteiger partial charge in [0, 0.05) is 32.8 Å². The number of rotatable bonds is 6. The van der Waals surface area contributed by atoms with Crippen molar-refractivity contribution >= 4 is 28.3 Å². The standard InChI is InChI=1S/C18H27N3O4S.ClH/c19-17(15-7-11-25-12-8-15)18(22)20-13-14-3-5-16(6-4-14)26(23,24)21-9-1-2-10-21;/h3-6,15,17H,1-2,7-13,19H2,(H,20,22);1H. The van der Waals surface area contributed by atoms with Crippen LogP contribution >= 0.6 is 12.4 Å². The van der Waals surface area contributed by atoms with Gasteiger partial charge < -0.3 is 15.8 Å². The van der Waals surface area contributed by atoms with Crippen molar-refractivity contribution in [2.75, 3.05) is 26.3 Å². The van der Waals surface area contributed by atoms with Gasteiger partial charge in [0.1, 0.15) is 0 Å². The van der Waals surface area contributed by atoms with E-state index in [9.17, 15) is 13.2 Å². The average molecular weight is 418 g/mol. The summed E-state index contributed by atoms with van der Waals surface area (Å²) in [5, 5.41) is 2.84. The SMILES string of the molecule is Cl.NC(C(=O)NCc1ccc(S(=O)(=O)N2CCCC2)cc1)C1CCOCC1. The van der Waals surface area contributed by atoms with Crippen LogP contribution < -0.4 is 11.1 Å². The molecule has 0 radical (unpaired) electrons. The van der Waals surface area contributed by atoms with Gasteiger partial charge in [-0.25, -0.2) is 8.42 Å². The van der Waals surface area contributed by atoms with Crippen LogP contribution in [-0.4, -0.2) is 51.0 Å². The summed E-state index contributed by atoms with van der Waals surface area (Å²) in [6.07, 6.45) is 3.43. The van der Waals surface area contributed by atoms with E-state index in [1.54, 1.807) is 24.3 Å². The first-order chi connectivity index (χ1) is 12.5. The third-order valence-corrected chi connectivity index (χ3v) is 7.08. The first-order valence-electron chi connectivity index (χ1n) is 9.18. The third kappa shape index (κ3) is 5.42. The summed E-state index contributed by atoms with van der Waals surface area (Å²) < 4.78 is 31.8. The molecule has 1 aromatic carbocycles. The second-order valence-corrected chi connectivity index (χ2v) is 8.89. The first-order valence-corrected chi connectivity index (χ1v) is 10.6. The highest BCUT2D eigenvalue weighted by atomic mass is 35.5. The van der Waals surface area contributed by atoms with Crippen molar-refractivity contribution in [3.05, 3.63) is 29.8 Å². The first kappa shape index (κ1) is 22.1. The summed E-state index contributed by atoms with van der Waals surface area (Å²) in [4.78, 5) is 12.5. The summed E-state index contributed by atoms with van der Waals surface area (Å²) in [6.45, 7) is 2.81. The number of carbonyl (C=O) groups excluding carboxylic acids is 1. The van der Waals surface area contributed by atoms with Crippen molar-refractivity contribution in [3.8, 4) is 0 Å². The molecule has 7 nitrogen and oxygen atoms in total. The average Bonchev–Trinajstić information content (AvgIpc) is 3.22. The van der Waals surface area contributed by atoms with Crippen LogP contribution in [0.2, 0.25) is 0 Å². The number of nitrogens with two attached hydrogens (primary N) is 1. The molecule has 0 spiro atoms. The van der Waals surface area contributed by atoms with Crippen molar-refractivity contribution in [1.82, 2.24) is 9.62 Å². The zero-order valence-corrected chi connectivity index (χ0v) is 16.9. The molecule has 2 aliphatic heterocycles. The fourth-order valence-corrected chi connectivity index (χ4v) is 4.97. The van der Waals surface area contributed by atoms with Gasteiger partial charge in [-0.2, -0.15) is 4.31 Å². The quantitative estimate of drug-likeness (QED) is 0.725. The van der Waals surface area contributed by atoms with E-state index in [0.29, 0.717) is 37.7 Å².